The van der Waals surface area contributed by atoms with Crippen molar-refractivity contribution in [2.45, 2.75) is 137 Å². The Morgan fingerprint density at radius 1 is 0.750 bits per heavy atom. The van der Waals surface area contributed by atoms with Gasteiger partial charge in [0.2, 0.25) is 82.7 Å². The van der Waals surface area contributed by atoms with E-state index in [-0.39, 0.29) is 63.9 Å². The standard InChI is InChI=1S/C56H72N14O16S2/c1-3-7-35-49(80)59-25-46(77)64-39-27-88-54-33(32-8-4-5-9-34(32)68-54)19-37(50(81)60-24-45(76)63-35)65-51(82)36(18-31(72)26-71)66-53(84)40-10-6-16-69(40)55(85)38(67-52(39)83)20-43(74)57-22-29-11-13-30(14-12-29)62-48(79)28(2)61-44(75)23-58-42(73)15-17-70-47(78)21-41(87)56(70)86/h4-5,8-9,11-14,28,31,35-41,68,71-72,87H,3,6-7,10,15-27H2,1-2H3,(H,57,74)(H,58,73)(H,59,80)(H,60,81)(H,61,75)(H,62,79)(H,63,76)(H,64,77)(H,65,82)(H,66,84)(H,67,83)/t28-,31+,35?,36?,37+,38-,39-,40-,41?/m0/s1. The van der Waals surface area contributed by atoms with Crippen LogP contribution in [0.3, 0.4) is 0 Å². The third-order valence-electron chi connectivity index (χ3n) is 14.8. The monoisotopic (exact) mass is 1260 g/mol. The number of para-hydroxylation sites is 1. The normalized spacial score (nSPS) is 23.4. The number of hydrogen-bond acceptors (Lipinski definition) is 18. The number of benzene rings is 2. The molecule has 2 bridgehead atoms. The summed E-state index contributed by atoms with van der Waals surface area (Å²) >= 11 is 5.06. The number of anilines is 1. The van der Waals surface area contributed by atoms with Crippen LogP contribution in [0.4, 0.5) is 5.69 Å². The number of thioether (sulfide) groups is 1. The summed E-state index contributed by atoms with van der Waals surface area (Å²) in [6, 6.07) is 3.15. The molecule has 0 saturated carbocycles. The smallest absolute Gasteiger partial charge is 0.246 e. The molecule has 0 aliphatic carbocycles. The van der Waals surface area contributed by atoms with Crippen LogP contribution in [0.15, 0.2) is 53.6 Å². The Balaban J connectivity index is 1.10. The molecule has 2 saturated heterocycles. The number of hydrogen-bond donors (Lipinski definition) is 15. The van der Waals surface area contributed by atoms with Gasteiger partial charge in [-0.25, -0.2) is 0 Å². The summed E-state index contributed by atoms with van der Waals surface area (Å²) in [6.07, 6.45) is -2.64. The maximum Gasteiger partial charge on any atom is 0.246 e. The van der Waals surface area contributed by atoms with Crippen molar-refractivity contribution in [1.82, 2.24) is 68.0 Å². The summed E-state index contributed by atoms with van der Waals surface area (Å²) in [5, 5.41) is 48.9. The van der Waals surface area contributed by atoms with Gasteiger partial charge in [0.15, 0.2) is 0 Å². The van der Waals surface area contributed by atoms with Crippen molar-refractivity contribution in [3.05, 3.63) is 59.7 Å². The number of aromatic amines is 1. The van der Waals surface area contributed by atoms with E-state index in [2.05, 4.69) is 76.1 Å². The zero-order chi connectivity index (χ0) is 63.8. The molecule has 1 aromatic heterocycles. The number of imide groups is 1. The van der Waals surface area contributed by atoms with Crippen LogP contribution in [0.5, 0.6) is 0 Å². The molecule has 4 aliphatic heterocycles. The molecule has 9 atom stereocenters. The molecule has 2 aromatic carbocycles. The SMILES string of the molecule is CCCC1NC(=O)CNC(=O)[C@H]2Cc3c([nH]c4ccccc34)SC[C@H](NC(=O)CNC1=O)C(=O)N[C@@H](CC(=O)NCc1ccc(NC(=O)[C@H](C)NC(=O)CNC(=O)CCN3C(=O)CC(S)C3=O)cc1)C(=O)N1CCC[C@H]1C(=O)NC(C[C@@H](O)CO)C(=O)N2. The van der Waals surface area contributed by atoms with Crippen LogP contribution < -0.4 is 58.5 Å². The average molecular weight is 1260 g/mol. The third kappa shape index (κ3) is 18.2. The third-order valence-corrected chi connectivity index (χ3v) is 16.4. The van der Waals surface area contributed by atoms with E-state index in [9.17, 15) is 77.3 Å². The predicted molar refractivity (Wildman–Crippen MR) is 317 cm³/mol. The van der Waals surface area contributed by atoms with Crippen LogP contribution in [0.1, 0.15) is 76.3 Å². The molecular weight excluding hydrogens is 1190 g/mol. The number of H-pyrrole nitrogens is 1. The molecule has 5 heterocycles. The molecule has 0 spiro atoms. The fourth-order valence-corrected chi connectivity index (χ4v) is 11.6. The van der Waals surface area contributed by atoms with Gasteiger partial charge in [-0.3, -0.25) is 72.0 Å². The summed E-state index contributed by atoms with van der Waals surface area (Å²) in [7, 11) is 0. The number of nitrogens with zero attached hydrogens (tertiary/aromatic N) is 2. The van der Waals surface area contributed by atoms with E-state index >= 15 is 0 Å². The number of aromatic nitrogens is 1. The minimum Gasteiger partial charge on any atom is -0.394 e. The number of nitrogens with one attached hydrogen (secondary N) is 12. The van der Waals surface area contributed by atoms with Crippen molar-refractivity contribution >= 4 is 124 Å². The number of rotatable bonds is 17. The Kier molecular flexibility index (Phi) is 23.8. The first kappa shape index (κ1) is 66.9. The highest BCUT2D eigenvalue weighted by Gasteiger charge is 2.42. The van der Waals surface area contributed by atoms with E-state index in [4.69, 9.17) is 0 Å². The lowest BCUT2D eigenvalue weighted by atomic mass is 10.0. The van der Waals surface area contributed by atoms with Gasteiger partial charge in [0.25, 0.3) is 0 Å². The number of carbonyl (C=O) groups excluding carboxylic acids is 14. The van der Waals surface area contributed by atoms with Crippen molar-refractivity contribution in [3.8, 4) is 0 Å². The van der Waals surface area contributed by atoms with Crippen LogP contribution in [-0.2, 0) is 80.1 Å². The van der Waals surface area contributed by atoms with Gasteiger partial charge in [-0.2, -0.15) is 12.6 Å². The average Bonchev–Trinajstić information content (AvgIpc) is 3.54. The van der Waals surface area contributed by atoms with Crippen LogP contribution in [0, 0.1) is 0 Å². The highest BCUT2D eigenvalue weighted by molar-refractivity contribution is 7.99. The Morgan fingerprint density at radius 3 is 2.16 bits per heavy atom. The molecule has 3 unspecified atom stereocenters. The van der Waals surface area contributed by atoms with E-state index in [0.717, 1.165) is 21.6 Å². The minimum absolute atomic E-state index is 0.0373. The molecule has 0 radical (unpaired) electrons. The van der Waals surface area contributed by atoms with Crippen LogP contribution >= 0.6 is 24.4 Å². The van der Waals surface area contributed by atoms with Gasteiger partial charge in [0, 0.05) is 67.7 Å². The van der Waals surface area contributed by atoms with Crippen molar-refractivity contribution in [3.63, 3.8) is 0 Å². The molecule has 32 heteroatoms. The van der Waals surface area contributed by atoms with Gasteiger partial charge in [-0.1, -0.05) is 43.7 Å². The number of fused-ring (bicyclic) bond motifs is 5. The lowest BCUT2D eigenvalue weighted by Crippen LogP contribution is -2.60. The molecule has 14 N–H and O–H groups in total. The first-order chi connectivity index (χ1) is 42.0. The van der Waals surface area contributed by atoms with Gasteiger partial charge in [-0.15, -0.1) is 11.8 Å². The summed E-state index contributed by atoms with van der Waals surface area (Å²) < 4.78 is 0. The molecule has 2 fully saturated rings. The highest BCUT2D eigenvalue weighted by Crippen LogP contribution is 2.32. The van der Waals surface area contributed by atoms with E-state index in [1.165, 1.54) is 19.1 Å². The molecule has 3 aromatic rings. The molecule has 30 nitrogen and oxygen atoms in total. The predicted octanol–water partition coefficient (Wildman–Crippen LogP) is -4.27. The topological polar surface area (TPSA) is 434 Å². The van der Waals surface area contributed by atoms with E-state index in [0.29, 0.717) is 39.2 Å². The Bertz CT molecular complexity index is 3180. The number of amides is 14. The number of likely N-dealkylation sites (tertiary alicyclic amines) is 1. The molecular formula is C56H72N14O16S2. The number of aliphatic hydroxyl groups excluding tert-OH is 2. The fraction of sp³-hybridized carbons (Fsp3) is 0.500. The largest absolute Gasteiger partial charge is 0.394 e. The zero-order valence-corrected chi connectivity index (χ0v) is 49.9. The Hall–Kier alpha value is -8.62. The first-order valence-corrected chi connectivity index (χ1v) is 30.1. The number of thiol groups is 1. The zero-order valence-electron chi connectivity index (χ0n) is 48.2. The van der Waals surface area contributed by atoms with E-state index in [1.54, 1.807) is 43.3 Å². The van der Waals surface area contributed by atoms with Gasteiger partial charge in [0.1, 0.15) is 42.3 Å². The molecule has 14 amide bonds. The summed E-state index contributed by atoms with van der Waals surface area (Å²) in [6.45, 7) is 0.122. The van der Waals surface area contributed by atoms with Crippen molar-refractivity contribution in [1.29, 1.82) is 0 Å². The Morgan fingerprint density at radius 2 is 1.45 bits per heavy atom. The second-order valence-electron chi connectivity index (χ2n) is 21.5. The summed E-state index contributed by atoms with van der Waals surface area (Å²) in [5.41, 5.74) is 1.79. The Labute approximate surface area is 513 Å². The summed E-state index contributed by atoms with van der Waals surface area (Å²) in [4.78, 5) is 194. The number of carbonyl (C=O) groups is 14. The maximum absolute atomic E-state index is 14.9. The van der Waals surface area contributed by atoms with Crippen molar-refractivity contribution in [2.24, 2.45) is 0 Å². The van der Waals surface area contributed by atoms with E-state index in [1.807, 2.05) is 0 Å². The lowest BCUT2D eigenvalue weighted by molar-refractivity contribution is -0.143. The van der Waals surface area contributed by atoms with Crippen LogP contribution in [0.2, 0.25) is 0 Å². The molecule has 7 rings (SSSR count). The minimum atomic E-state index is -1.71. The maximum atomic E-state index is 14.9. The quantitative estimate of drug-likeness (QED) is 0.0449. The second kappa shape index (κ2) is 31.3. The van der Waals surface area contributed by atoms with Crippen LogP contribution in [-0.4, -0.2) is 206 Å². The molecule has 88 heavy (non-hydrogen) atoms. The van der Waals surface area contributed by atoms with Gasteiger partial charge >= 0.3 is 0 Å². The molecule has 4 aliphatic rings. The molecule has 474 valence electrons. The van der Waals surface area contributed by atoms with Crippen molar-refractivity contribution in [2.75, 3.05) is 50.4 Å². The first-order valence-electron chi connectivity index (χ1n) is 28.6. The van der Waals surface area contributed by atoms with Gasteiger partial charge in [0.05, 0.1) is 49.0 Å². The fourth-order valence-electron chi connectivity index (χ4n) is 10.1. The van der Waals surface area contributed by atoms with Crippen molar-refractivity contribution < 1.29 is 77.3 Å². The van der Waals surface area contributed by atoms with Crippen LogP contribution in [0.25, 0.3) is 10.9 Å². The lowest BCUT2D eigenvalue weighted by Gasteiger charge is -2.31. The van der Waals surface area contributed by atoms with Gasteiger partial charge < -0.3 is 78.6 Å². The summed E-state index contributed by atoms with van der Waals surface area (Å²) in [5.74, 6) is -10.9. The highest BCUT2D eigenvalue weighted by atomic mass is 32.2. The van der Waals surface area contributed by atoms with Gasteiger partial charge in [-0.05, 0) is 55.5 Å². The van der Waals surface area contributed by atoms with E-state index < -0.39 is 175 Å². The second-order valence-corrected chi connectivity index (χ2v) is 23.1. The number of aliphatic hydroxyl groups is 2.